The van der Waals surface area contributed by atoms with Crippen LogP contribution in [-0.2, 0) is 0 Å². The highest BCUT2D eigenvalue weighted by atomic mass is 15.1. The van der Waals surface area contributed by atoms with E-state index >= 15 is 0 Å². The number of nitrogens with one attached hydrogen (secondary N) is 1. The van der Waals surface area contributed by atoms with E-state index in [0.29, 0.717) is 0 Å². The number of anilines is 1. The summed E-state index contributed by atoms with van der Waals surface area (Å²) < 4.78 is 0. The molecule has 1 N–H and O–H groups in total. The van der Waals surface area contributed by atoms with Gasteiger partial charge in [0.2, 0.25) is 0 Å². The molecular weight excluding hydrogens is 220 g/mol. The molecule has 2 heteroatoms. The summed E-state index contributed by atoms with van der Waals surface area (Å²) in [7, 11) is 0. The van der Waals surface area contributed by atoms with Crippen LogP contribution in [0.5, 0.6) is 0 Å². The van der Waals surface area contributed by atoms with Crippen LogP contribution in [0.4, 0.5) is 5.69 Å². The second kappa shape index (κ2) is 6.79. The average molecular weight is 246 g/mol. The second-order valence-corrected chi connectivity index (χ2v) is 5.35. The Morgan fingerprint density at radius 1 is 1.28 bits per heavy atom. The number of rotatable bonds is 6. The summed E-state index contributed by atoms with van der Waals surface area (Å²) >= 11 is 0. The van der Waals surface area contributed by atoms with Crippen LogP contribution in [-0.4, -0.2) is 25.7 Å². The maximum absolute atomic E-state index is 3.69. The normalized spacial score (nSPS) is 16.1. The Labute approximate surface area is 111 Å². The molecule has 0 spiro atoms. The van der Waals surface area contributed by atoms with Gasteiger partial charge in [-0.05, 0) is 44.4 Å². The van der Waals surface area contributed by atoms with Crippen molar-refractivity contribution < 1.29 is 0 Å². The van der Waals surface area contributed by atoms with Gasteiger partial charge in [0.05, 0.1) is 0 Å². The molecule has 0 aliphatic heterocycles. The maximum atomic E-state index is 3.69. The molecule has 0 heterocycles. The topological polar surface area (TPSA) is 15.3 Å². The monoisotopic (exact) mass is 246 g/mol. The van der Waals surface area contributed by atoms with Gasteiger partial charge < -0.3 is 10.2 Å². The summed E-state index contributed by atoms with van der Waals surface area (Å²) in [6.45, 7) is 7.69. The number of likely N-dealkylation sites (N-methyl/N-ethyl adjacent to an activating group) is 1. The van der Waals surface area contributed by atoms with E-state index in [9.17, 15) is 0 Å². The van der Waals surface area contributed by atoms with Gasteiger partial charge in [0.1, 0.15) is 0 Å². The minimum Gasteiger partial charge on any atom is -0.371 e. The third kappa shape index (κ3) is 3.74. The van der Waals surface area contributed by atoms with Crippen LogP contribution in [0, 0.1) is 6.92 Å². The van der Waals surface area contributed by atoms with Crippen molar-refractivity contribution in [2.75, 3.05) is 24.5 Å². The van der Waals surface area contributed by atoms with Crippen molar-refractivity contribution in [3.8, 4) is 0 Å². The molecule has 0 atom stereocenters. The third-order valence-corrected chi connectivity index (χ3v) is 3.92. The molecule has 1 fully saturated rings. The number of benzene rings is 1. The highest BCUT2D eigenvalue weighted by molar-refractivity contribution is 5.48. The number of nitrogens with zero attached hydrogens (tertiary/aromatic N) is 1. The molecule has 0 radical (unpaired) electrons. The van der Waals surface area contributed by atoms with E-state index in [1.807, 2.05) is 0 Å². The molecule has 100 valence electrons. The Kier molecular flexibility index (Phi) is 5.06. The van der Waals surface area contributed by atoms with Crippen molar-refractivity contribution in [3.63, 3.8) is 0 Å². The summed E-state index contributed by atoms with van der Waals surface area (Å²) in [5, 5.41) is 3.69. The fourth-order valence-electron chi connectivity index (χ4n) is 2.83. The lowest BCUT2D eigenvalue weighted by atomic mass is 10.2. The molecule has 1 saturated carbocycles. The van der Waals surface area contributed by atoms with E-state index in [4.69, 9.17) is 0 Å². The lowest BCUT2D eigenvalue weighted by Crippen LogP contribution is -2.36. The van der Waals surface area contributed by atoms with Crippen molar-refractivity contribution in [1.82, 2.24) is 5.32 Å². The van der Waals surface area contributed by atoms with Gasteiger partial charge in [-0.1, -0.05) is 25.0 Å². The number of aryl methyl sites for hydroxylation is 1. The SMILES string of the molecule is CCN(CCNC1CCCC1)c1cccc(C)c1. The molecule has 0 bridgehead atoms. The first-order chi connectivity index (χ1) is 8.79. The van der Waals surface area contributed by atoms with Crippen molar-refractivity contribution in [2.45, 2.75) is 45.6 Å². The zero-order chi connectivity index (χ0) is 12.8. The summed E-state index contributed by atoms with van der Waals surface area (Å²) in [5.41, 5.74) is 2.69. The largest absolute Gasteiger partial charge is 0.371 e. The van der Waals surface area contributed by atoms with Crippen LogP contribution in [0.25, 0.3) is 0 Å². The van der Waals surface area contributed by atoms with Crippen LogP contribution in [0.15, 0.2) is 24.3 Å². The van der Waals surface area contributed by atoms with Gasteiger partial charge in [0.25, 0.3) is 0 Å². The summed E-state index contributed by atoms with van der Waals surface area (Å²) in [5.74, 6) is 0. The first-order valence-electron chi connectivity index (χ1n) is 7.34. The maximum Gasteiger partial charge on any atom is 0.0369 e. The van der Waals surface area contributed by atoms with E-state index in [0.717, 1.165) is 25.7 Å². The Morgan fingerprint density at radius 3 is 2.72 bits per heavy atom. The molecule has 0 unspecified atom stereocenters. The van der Waals surface area contributed by atoms with Gasteiger partial charge in [-0.15, -0.1) is 0 Å². The van der Waals surface area contributed by atoms with Crippen LogP contribution < -0.4 is 10.2 Å². The first kappa shape index (κ1) is 13.4. The Hall–Kier alpha value is -1.02. The van der Waals surface area contributed by atoms with Crippen molar-refractivity contribution in [2.24, 2.45) is 0 Å². The molecule has 18 heavy (non-hydrogen) atoms. The molecule has 1 aromatic rings. The predicted molar refractivity (Wildman–Crippen MR) is 79.3 cm³/mol. The standard InChI is InChI=1S/C16H26N2/c1-3-18(16-10-6-7-14(2)13-16)12-11-17-15-8-4-5-9-15/h6-7,10,13,15,17H,3-5,8-9,11-12H2,1-2H3. The molecule has 2 nitrogen and oxygen atoms in total. The van der Waals surface area contributed by atoms with Gasteiger partial charge in [0.15, 0.2) is 0 Å². The molecule has 2 rings (SSSR count). The zero-order valence-corrected chi connectivity index (χ0v) is 11.8. The second-order valence-electron chi connectivity index (χ2n) is 5.35. The van der Waals surface area contributed by atoms with Gasteiger partial charge >= 0.3 is 0 Å². The van der Waals surface area contributed by atoms with Crippen LogP contribution in [0.3, 0.4) is 0 Å². The van der Waals surface area contributed by atoms with Crippen molar-refractivity contribution in [1.29, 1.82) is 0 Å². The lowest BCUT2D eigenvalue weighted by molar-refractivity contribution is 0.525. The predicted octanol–water partition coefficient (Wildman–Crippen LogP) is 3.35. The molecule has 0 amide bonds. The molecule has 1 aliphatic carbocycles. The van der Waals surface area contributed by atoms with Crippen LogP contribution in [0.1, 0.15) is 38.2 Å². The lowest BCUT2D eigenvalue weighted by Gasteiger charge is -2.24. The van der Waals surface area contributed by atoms with Crippen molar-refractivity contribution in [3.05, 3.63) is 29.8 Å². The van der Waals surface area contributed by atoms with E-state index in [2.05, 4.69) is 48.3 Å². The fourth-order valence-corrected chi connectivity index (χ4v) is 2.83. The van der Waals surface area contributed by atoms with Crippen LogP contribution >= 0.6 is 0 Å². The minimum atomic E-state index is 0.779. The number of hydrogen-bond donors (Lipinski definition) is 1. The molecule has 1 aromatic carbocycles. The van der Waals surface area contributed by atoms with E-state index < -0.39 is 0 Å². The zero-order valence-electron chi connectivity index (χ0n) is 11.8. The van der Waals surface area contributed by atoms with E-state index in [-0.39, 0.29) is 0 Å². The molecular formula is C16H26N2. The van der Waals surface area contributed by atoms with Gasteiger partial charge in [0, 0.05) is 31.4 Å². The molecule has 0 aromatic heterocycles. The van der Waals surface area contributed by atoms with Crippen molar-refractivity contribution >= 4 is 5.69 Å². The third-order valence-electron chi connectivity index (χ3n) is 3.92. The summed E-state index contributed by atoms with van der Waals surface area (Å²) in [6.07, 6.45) is 5.56. The fraction of sp³-hybridized carbons (Fsp3) is 0.625. The Bertz CT molecular complexity index is 356. The first-order valence-corrected chi connectivity index (χ1v) is 7.34. The molecule has 0 saturated heterocycles. The Morgan fingerprint density at radius 2 is 2.06 bits per heavy atom. The number of hydrogen-bond acceptors (Lipinski definition) is 2. The highest BCUT2D eigenvalue weighted by Crippen LogP contribution is 2.18. The van der Waals surface area contributed by atoms with E-state index in [1.54, 1.807) is 0 Å². The minimum absolute atomic E-state index is 0.779. The smallest absolute Gasteiger partial charge is 0.0369 e. The highest BCUT2D eigenvalue weighted by Gasteiger charge is 2.14. The van der Waals surface area contributed by atoms with Gasteiger partial charge in [-0.25, -0.2) is 0 Å². The Balaban J connectivity index is 1.81. The quantitative estimate of drug-likeness (QED) is 0.828. The van der Waals surface area contributed by atoms with Gasteiger partial charge in [-0.3, -0.25) is 0 Å². The average Bonchev–Trinajstić information content (AvgIpc) is 2.88. The van der Waals surface area contributed by atoms with E-state index in [1.165, 1.54) is 36.9 Å². The summed E-state index contributed by atoms with van der Waals surface area (Å²) in [4.78, 5) is 2.45. The van der Waals surface area contributed by atoms with Crippen LogP contribution in [0.2, 0.25) is 0 Å². The summed E-state index contributed by atoms with van der Waals surface area (Å²) in [6, 6.07) is 9.58. The molecule has 1 aliphatic rings. The van der Waals surface area contributed by atoms with Gasteiger partial charge in [-0.2, -0.15) is 0 Å².